The summed E-state index contributed by atoms with van der Waals surface area (Å²) in [6.07, 6.45) is 2.69. The molecule has 0 bridgehead atoms. The Morgan fingerprint density at radius 3 is 2.68 bits per heavy atom. The minimum Gasteiger partial charge on any atom is -0.507 e. The van der Waals surface area contributed by atoms with E-state index in [1.165, 1.54) is 11.1 Å². The van der Waals surface area contributed by atoms with Crippen LogP contribution >= 0.6 is 0 Å². The van der Waals surface area contributed by atoms with E-state index < -0.39 is 0 Å². The van der Waals surface area contributed by atoms with Crippen LogP contribution in [-0.2, 0) is 17.7 Å². The number of hydrogen-bond acceptors (Lipinski definition) is 7. The molecule has 1 atom stereocenters. The Morgan fingerprint density at radius 1 is 1.16 bits per heavy atom. The molecular formula is C24H31N5O2. The summed E-state index contributed by atoms with van der Waals surface area (Å²) in [5.41, 5.74) is 5.55. The third-order valence-electron chi connectivity index (χ3n) is 6.34. The molecule has 7 heteroatoms. The molecule has 0 aromatic heterocycles. The Hall–Kier alpha value is -2.77. The normalized spacial score (nSPS) is 21.1. The van der Waals surface area contributed by atoms with Crippen molar-refractivity contribution in [3.05, 3.63) is 53.1 Å². The van der Waals surface area contributed by atoms with E-state index in [1.807, 2.05) is 12.4 Å². The van der Waals surface area contributed by atoms with Crippen LogP contribution in [0.15, 0.2) is 41.5 Å². The highest BCUT2D eigenvalue weighted by Crippen LogP contribution is 2.41. The first-order valence-electron chi connectivity index (χ1n) is 11.2. The number of rotatable bonds is 5. The van der Waals surface area contributed by atoms with Crippen molar-refractivity contribution in [1.29, 1.82) is 0 Å². The Kier molecular flexibility index (Phi) is 5.46. The van der Waals surface area contributed by atoms with Gasteiger partial charge in [-0.25, -0.2) is 0 Å². The lowest BCUT2D eigenvalue weighted by molar-refractivity contribution is 0.0342. The number of anilines is 2. The van der Waals surface area contributed by atoms with Gasteiger partial charge in [0, 0.05) is 55.2 Å². The van der Waals surface area contributed by atoms with E-state index in [2.05, 4.69) is 69.4 Å². The summed E-state index contributed by atoms with van der Waals surface area (Å²) in [5, 5.41) is 21.0. The summed E-state index contributed by atoms with van der Waals surface area (Å²) in [6.45, 7) is 9.72. The number of phenols is 1. The highest BCUT2D eigenvalue weighted by Gasteiger charge is 2.35. The third-order valence-corrected chi connectivity index (χ3v) is 6.34. The monoisotopic (exact) mass is 421 g/mol. The van der Waals surface area contributed by atoms with Crippen molar-refractivity contribution < 1.29 is 9.84 Å². The molecule has 1 fully saturated rings. The fourth-order valence-electron chi connectivity index (χ4n) is 4.64. The molecular weight excluding hydrogens is 390 g/mol. The number of nitrogens with zero attached hydrogens (tertiary/aromatic N) is 4. The standard InChI is InChI=1S/C24H31N5O2/c1-17(2)29-24(21-13-19-7-8-25-22(19)14-23(21)30)28(16-26-29)20-5-3-18(4-6-20)15-27-9-11-31-12-10-27/h3-6,13-14,16-17,24-25,30H,7-12,15H2,1-2H3. The van der Waals surface area contributed by atoms with Gasteiger partial charge in [0.1, 0.15) is 12.1 Å². The maximum absolute atomic E-state index is 10.9. The lowest BCUT2D eigenvalue weighted by Gasteiger charge is -2.34. The van der Waals surface area contributed by atoms with Gasteiger partial charge in [-0.15, -0.1) is 0 Å². The molecule has 2 aromatic rings. The topological polar surface area (TPSA) is 63.6 Å². The fraction of sp³-hybridized carbons (Fsp3) is 0.458. The number of fused-ring (bicyclic) bond motifs is 1. The summed E-state index contributed by atoms with van der Waals surface area (Å²) in [7, 11) is 0. The van der Waals surface area contributed by atoms with Crippen molar-refractivity contribution in [2.24, 2.45) is 5.10 Å². The number of hydrogen-bond donors (Lipinski definition) is 2. The van der Waals surface area contributed by atoms with Crippen LogP contribution < -0.4 is 10.2 Å². The molecule has 0 saturated carbocycles. The second kappa shape index (κ2) is 8.40. The predicted octanol–water partition coefficient (Wildman–Crippen LogP) is 3.36. The second-order valence-electron chi connectivity index (χ2n) is 8.79. The summed E-state index contributed by atoms with van der Waals surface area (Å²) >= 11 is 0. The van der Waals surface area contributed by atoms with Crippen LogP contribution in [0.3, 0.4) is 0 Å². The van der Waals surface area contributed by atoms with Gasteiger partial charge in [-0.2, -0.15) is 5.10 Å². The van der Waals surface area contributed by atoms with E-state index in [-0.39, 0.29) is 12.2 Å². The van der Waals surface area contributed by atoms with Gasteiger partial charge < -0.3 is 20.1 Å². The number of aromatic hydroxyl groups is 1. The molecule has 3 aliphatic heterocycles. The van der Waals surface area contributed by atoms with E-state index in [9.17, 15) is 5.11 Å². The first-order valence-corrected chi connectivity index (χ1v) is 11.2. The van der Waals surface area contributed by atoms with E-state index in [0.29, 0.717) is 5.75 Å². The van der Waals surface area contributed by atoms with Crippen molar-refractivity contribution in [1.82, 2.24) is 9.91 Å². The van der Waals surface area contributed by atoms with Crippen LogP contribution in [0.5, 0.6) is 5.75 Å². The van der Waals surface area contributed by atoms with Gasteiger partial charge in [0.15, 0.2) is 6.17 Å². The van der Waals surface area contributed by atoms with Crippen LogP contribution in [0.4, 0.5) is 11.4 Å². The van der Waals surface area contributed by atoms with Crippen LogP contribution in [0.2, 0.25) is 0 Å². The Labute approximate surface area is 183 Å². The van der Waals surface area contributed by atoms with Crippen molar-refractivity contribution >= 4 is 17.7 Å². The molecule has 3 heterocycles. The van der Waals surface area contributed by atoms with Crippen LogP contribution in [0.1, 0.15) is 36.7 Å². The summed E-state index contributed by atoms with van der Waals surface area (Å²) in [4.78, 5) is 4.58. The molecule has 2 aromatic carbocycles. The van der Waals surface area contributed by atoms with Gasteiger partial charge >= 0.3 is 0 Å². The molecule has 2 N–H and O–H groups in total. The molecule has 5 rings (SSSR count). The minimum atomic E-state index is -0.170. The minimum absolute atomic E-state index is 0.170. The van der Waals surface area contributed by atoms with Crippen molar-refractivity contribution in [2.45, 2.75) is 39.0 Å². The zero-order chi connectivity index (χ0) is 21.4. The maximum atomic E-state index is 10.9. The first kappa shape index (κ1) is 20.2. The molecule has 1 saturated heterocycles. The Morgan fingerprint density at radius 2 is 1.94 bits per heavy atom. The molecule has 0 radical (unpaired) electrons. The Balaban J connectivity index is 1.42. The third kappa shape index (κ3) is 3.95. The highest BCUT2D eigenvalue weighted by atomic mass is 16.5. The first-order chi connectivity index (χ1) is 15.1. The fourth-order valence-corrected chi connectivity index (χ4v) is 4.64. The molecule has 164 valence electrons. The van der Waals surface area contributed by atoms with Gasteiger partial charge in [0.25, 0.3) is 0 Å². The van der Waals surface area contributed by atoms with Gasteiger partial charge in [0.2, 0.25) is 0 Å². The van der Waals surface area contributed by atoms with Crippen molar-refractivity contribution in [3.63, 3.8) is 0 Å². The van der Waals surface area contributed by atoms with E-state index >= 15 is 0 Å². The smallest absolute Gasteiger partial charge is 0.153 e. The van der Waals surface area contributed by atoms with Gasteiger partial charge in [-0.05, 0) is 49.6 Å². The number of phenolic OH excluding ortho intramolecular Hbond substituents is 1. The largest absolute Gasteiger partial charge is 0.507 e. The molecule has 0 amide bonds. The SMILES string of the molecule is CC(C)N1N=CN(c2ccc(CN3CCOCC3)cc2)C1c1cc2c(cc1O)NCC2. The number of nitrogens with one attached hydrogen (secondary N) is 1. The molecule has 0 spiro atoms. The summed E-state index contributed by atoms with van der Waals surface area (Å²) < 4.78 is 5.45. The van der Waals surface area contributed by atoms with Crippen LogP contribution in [0, 0.1) is 0 Å². The van der Waals surface area contributed by atoms with Gasteiger partial charge in [0.05, 0.1) is 13.2 Å². The molecule has 7 nitrogen and oxygen atoms in total. The highest BCUT2D eigenvalue weighted by molar-refractivity contribution is 5.82. The van der Waals surface area contributed by atoms with Gasteiger partial charge in [-0.1, -0.05) is 12.1 Å². The van der Waals surface area contributed by atoms with Crippen molar-refractivity contribution in [3.8, 4) is 5.75 Å². The number of morpholine rings is 1. The molecule has 3 aliphatic rings. The maximum Gasteiger partial charge on any atom is 0.153 e. The average molecular weight is 422 g/mol. The van der Waals surface area contributed by atoms with E-state index in [0.717, 1.165) is 62.8 Å². The number of hydrazone groups is 1. The van der Waals surface area contributed by atoms with Gasteiger partial charge in [-0.3, -0.25) is 9.91 Å². The second-order valence-corrected chi connectivity index (χ2v) is 8.79. The molecule has 1 unspecified atom stereocenters. The van der Waals surface area contributed by atoms with Crippen LogP contribution in [-0.4, -0.2) is 60.2 Å². The zero-order valence-corrected chi connectivity index (χ0v) is 18.3. The quantitative estimate of drug-likeness (QED) is 0.772. The van der Waals surface area contributed by atoms with Crippen LogP contribution in [0.25, 0.3) is 0 Å². The average Bonchev–Trinajstić information content (AvgIpc) is 3.41. The lowest BCUT2D eigenvalue weighted by Crippen LogP contribution is -2.36. The number of benzene rings is 2. The van der Waals surface area contributed by atoms with Crippen molar-refractivity contribution in [2.75, 3.05) is 43.1 Å². The summed E-state index contributed by atoms with van der Waals surface area (Å²) in [6, 6.07) is 12.9. The molecule has 31 heavy (non-hydrogen) atoms. The molecule has 0 aliphatic carbocycles. The van der Waals surface area contributed by atoms with E-state index in [1.54, 1.807) is 0 Å². The zero-order valence-electron chi connectivity index (χ0n) is 18.3. The predicted molar refractivity (Wildman–Crippen MR) is 124 cm³/mol. The lowest BCUT2D eigenvalue weighted by atomic mass is 10.0. The van der Waals surface area contributed by atoms with E-state index in [4.69, 9.17) is 4.74 Å². The Bertz CT molecular complexity index is 953. The summed E-state index contributed by atoms with van der Waals surface area (Å²) in [5.74, 6) is 0.309. The number of ether oxygens (including phenoxy) is 1.